The van der Waals surface area contributed by atoms with Gasteiger partial charge in [-0.2, -0.15) is 0 Å². The molecule has 0 aromatic heterocycles. The second-order valence-corrected chi connectivity index (χ2v) is 13.2. The van der Waals surface area contributed by atoms with Gasteiger partial charge in [0.05, 0.1) is 0 Å². The molecule has 0 aliphatic rings. The van der Waals surface area contributed by atoms with Crippen LogP contribution in [0.5, 0.6) is 0 Å². The third-order valence-electron chi connectivity index (χ3n) is 6.39. The summed E-state index contributed by atoms with van der Waals surface area (Å²) in [7, 11) is -1.15. The fourth-order valence-corrected chi connectivity index (χ4v) is 9.17. The Hall–Kier alpha value is -3.50. The van der Waals surface area contributed by atoms with Gasteiger partial charge in [-0.15, -0.1) is 0 Å². The number of benzene rings is 5. The van der Waals surface area contributed by atoms with E-state index in [1.165, 1.54) is 26.9 Å². The van der Waals surface area contributed by atoms with E-state index >= 15 is 0 Å². The molecule has 0 aliphatic carbocycles. The minimum absolute atomic E-state index is 0.577. The molecule has 0 amide bonds. The summed E-state index contributed by atoms with van der Waals surface area (Å²) >= 11 is 0. The summed E-state index contributed by atoms with van der Waals surface area (Å²) < 4.78 is 0. The zero-order valence-electron chi connectivity index (χ0n) is 20.9. The molecule has 5 aromatic carbocycles. The van der Waals surface area contributed by atoms with Gasteiger partial charge in [0.2, 0.25) is 0 Å². The standard InChI is InChI=1S/C34H31NP2/c1-2-29-23-25-30(26-24-29)35(27-36(31-15-7-3-8-16-31)32-17-9-4-10-18-32)28-37(33-19-11-5-12-20-33)34-21-13-6-14-22-34/h2-26H,1,27-28H2. The normalized spacial score (nSPS) is 11.0. The lowest BCUT2D eigenvalue weighted by atomic mass is 10.2. The molecule has 5 aromatic rings. The molecule has 0 unspecified atom stereocenters. The molecule has 3 heteroatoms. The molecule has 0 N–H and O–H groups in total. The number of nitrogens with zero attached hydrogens (tertiary/aromatic N) is 1. The Morgan fingerprint density at radius 2 is 0.784 bits per heavy atom. The summed E-state index contributed by atoms with van der Waals surface area (Å²) in [6, 6.07) is 52.9. The third kappa shape index (κ3) is 6.44. The van der Waals surface area contributed by atoms with Gasteiger partial charge in [0.15, 0.2) is 0 Å². The topological polar surface area (TPSA) is 3.24 Å². The first kappa shape index (κ1) is 25.2. The van der Waals surface area contributed by atoms with Crippen molar-refractivity contribution in [2.45, 2.75) is 0 Å². The van der Waals surface area contributed by atoms with Crippen LogP contribution in [0.2, 0.25) is 0 Å². The molecule has 0 spiro atoms. The van der Waals surface area contributed by atoms with Crippen molar-refractivity contribution in [1.82, 2.24) is 0 Å². The highest BCUT2D eigenvalue weighted by atomic mass is 31.1. The van der Waals surface area contributed by atoms with E-state index in [9.17, 15) is 0 Å². The minimum atomic E-state index is -0.577. The molecular weight excluding hydrogens is 484 g/mol. The zero-order chi connectivity index (χ0) is 25.3. The fourth-order valence-electron chi connectivity index (χ4n) is 4.43. The Kier molecular flexibility index (Phi) is 8.60. The fraction of sp³-hybridized carbons (Fsp3) is 0.0588. The Labute approximate surface area is 223 Å². The average molecular weight is 516 g/mol. The number of hydrogen-bond donors (Lipinski definition) is 0. The van der Waals surface area contributed by atoms with Gasteiger partial charge < -0.3 is 4.90 Å². The van der Waals surface area contributed by atoms with E-state index in [0.717, 1.165) is 18.1 Å². The maximum absolute atomic E-state index is 3.95. The van der Waals surface area contributed by atoms with Crippen LogP contribution in [0.3, 0.4) is 0 Å². The lowest BCUT2D eigenvalue weighted by molar-refractivity contribution is 1.05. The second kappa shape index (κ2) is 12.6. The highest BCUT2D eigenvalue weighted by Crippen LogP contribution is 2.41. The van der Waals surface area contributed by atoms with Crippen LogP contribution in [0.1, 0.15) is 5.56 Å². The lowest BCUT2D eigenvalue weighted by Crippen LogP contribution is -2.32. The Morgan fingerprint density at radius 1 is 0.459 bits per heavy atom. The second-order valence-electron chi connectivity index (χ2n) is 8.82. The summed E-state index contributed by atoms with van der Waals surface area (Å²) in [6.07, 6.45) is 3.82. The zero-order valence-corrected chi connectivity index (χ0v) is 22.7. The van der Waals surface area contributed by atoms with Crippen molar-refractivity contribution in [3.63, 3.8) is 0 Å². The Balaban J connectivity index is 1.57. The Morgan fingerprint density at radius 3 is 1.08 bits per heavy atom. The van der Waals surface area contributed by atoms with Crippen LogP contribution in [-0.4, -0.2) is 12.6 Å². The first-order chi connectivity index (χ1) is 18.3. The molecule has 0 saturated carbocycles. The summed E-state index contributed by atoms with van der Waals surface area (Å²) in [5.74, 6) is 0. The lowest BCUT2D eigenvalue weighted by Gasteiger charge is -2.34. The molecule has 0 aliphatic heterocycles. The van der Waals surface area contributed by atoms with Gasteiger partial charge in [-0.1, -0.05) is 146 Å². The number of rotatable bonds is 10. The summed E-state index contributed by atoms with van der Waals surface area (Å²) in [4.78, 5) is 2.62. The average Bonchev–Trinajstić information content (AvgIpc) is 2.99. The van der Waals surface area contributed by atoms with Crippen LogP contribution in [0.4, 0.5) is 5.69 Å². The van der Waals surface area contributed by atoms with Crippen molar-refractivity contribution in [1.29, 1.82) is 0 Å². The summed E-state index contributed by atoms with van der Waals surface area (Å²) in [5, 5.41) is 5.61. The van der Waals surface area contributed by atoms with Crippen molar-refractivity contribution in [3.05, 3.63) is 158 Å². The van der Waals surface area contributed by atoms with Crippen LogP contribution in [-0.2, 0) is 0 Å². The molecule has 0 bridgehead atoms. The van der Waals surface area contributed by atoms with Gasteiger partial charge in [0.1, 0.15) is 0 Å². The van der Waals surface area contributed by atoms with Gasteiger partial charge in [-0.05, 0) is 54.8 Å². The van der Waals surface area contributed by atoms with Crippen LogP contribution < -0.4 is 26.1 Å². The number of hydrogen-bond acceptors (Lipinski definition) is 1. The SMILES string of the molecule is C=Cc1ccc(N(CP(c2ccccc2)c2ccccc2)CP(c2ccccc2)c2ccccc2)cc1. The van der Waals surface area contributed by atoms with E-state index in [0.29, 0.717) is 0 Å². The van der Waals surface area contributed by atoms with Crippen molar-refractivity contribution in [3.8, 4) is 0 Å². The van der Waals surface area contributed by atoms with Crippen molar-refractivity contribution >= 4 is 48.8 Å². The molecule has 5 rings (SSSR count). The van der Waals surface area contributed by atoms with Crippen LogP contribution in [0, 0.1) is 0 Å². The van der Waals surface area contributed by atoms with E-state index < -0.39 is 15.8 Å². The van der Waals surface area contributed by atoms with Gasteiger partial charge >= 0.3 is 0 Å². The van der Waals surface area contributed by atoms with Crippen LogP contribution >= 0.6 is 15.8 Å². The highest BCUT2D eigenvalue weighted by Gasteiger charge is 2.23. The molecule has 0 atom stereocenters. The molecule has 37 heavy (non-hydrogen) atoms. The van der Waals surface area contributed by atoms with E-state index in [2.05, 4.69) is 157 Å². The monoisotopic (exact) mass is 515 g/mol. The molecule has 0 saturated heterocycles. The van der Waals surface area contributed by atoms with Gasteiger partial charge in [0.25, 0.3) is 0 Å². The molecule has 0 fully saturated rings. The van der Waals surface area contributed by atoms with Crippen LogP contribution in [0.25, 0.3) is 6.08 Å². The van der Waals surface area contributed by atoms with Gasteiger partial charge in [-0.25, -0.2) is 0 Å². The molecular formula is C34H31NP2. The maximum atomic E-state index is 3.95. The van der Waals surface area contributed by atoms with E-state index in [-0.39, 0.29) is 0 Å². The van der Waals surface area contributed by atoms with Crippen molar-refractivity contribution in [2.24, 2.45) is 0 Å². The largest absolute Gasteiger partial charge is 0.362 e. The highest BCUT2D eigenvalue weighted by molar-refractivity contribution is 7.74. The van der Waals surface area contributed by atoms with E-state index in [1.54, 1.807) is 0 Å². The maximum Gasteiger partial charge on any atom is 0.0463 e. The summed E-state index contributed by atoms with van der Waals surface area (Å²) in [5.41, 5.74) is 2.40. The smallest absolute Gasteiger partial charge is 0.0463 e. The van der Waals surface area contributed by atoms with E-state index in [4.69, 9.17) is 0 Å². The quantitative estimate of drug-likeness (QED) is 0.176. The predicted octanol–water partition coefficient (Wildman–Crippen LogP) is 7.32. The van der Waals surface area contributed by atoms with Crippen LogP contribution in [0.15, 0.2) is 152 Å². The molecule has 182 valence electrons. The first-order valence-corrected chi connectivity index (χ1v) is 15.6. The Bertz CT molecular complexity index is 1210. The predicted molar refractivity (Wildman–Crippen MR) is 167 cm³/mol. The van der Waals surface area contributed by atoms with Crippen molar-refractivity contribution < 1.29 is 0 Å². The van der Waals surface area contributed by atoms with Gasteiger partial charge in [-0.3, -0.25) is 0 Å². The molecule has 1 nitrogen and oxygen atoms in total. The van der Waals surface area contributed by atoms with E-state index in [1.807, 2.05) is 6.08 Å². The number of anilines is 1. The summed E-state index contributed by atoms with van der Waals surface area (Å²) in [6.45, 7) is 3.95. The van der Waals surface area contributed by atoms with Gasteiger partial charge in [0, 0.05) is 18.3 Å². The molecule has 0 heterocycles. The third-order valence-corrected chi connectivity index (χ3v) is 11.3. The first-order valence-electron chi connectivity index (χ1n) is 12.5. The molecule has 0 radical (unpaired) electrons. The van der Waals surface area contributed by atoms with Crippen molar-refractivity contribution in [2.75, 3.05) is 17.5 Å². The minimum Gasteiger partial charge on any atom is -0.362 e.